The predicted molar refractivity (Wildman–Crippen MR) is 65.7 cm³/mol. The van der Waals surface area contributed by atoms with Gasteiger partial charge in [0.05, 0.1) is 17.0 Å². The highest BCUT2D eigenvalue weighted by molar-refractivity contribution is 7.89. The lowest BCUT2D eigenvalue weighted by Gasteiger charge is -2.27. The normalized spacial score (nSPS) is 18.9. The van der Waals surface area contributed by atoms with Gasteiger partial charge in [-0.25, -0.2) is 13.1 Å². The number of nitrogens with one attached hydrogen (secondary N) is 2. The second kappa shape index (κ2) is 4.83. The van der Waals surface area contributed by atoms with Gasteiger partial charge in [0.15, 0.2) is 0 Å². The van der Waals surface area contributed by atoms with Crippen LogP contribution in [0.4, 0.5) is 0 Å². The minimum Gasteiger partial charge on any atom is -0.394 e. The number of H-pyrrole nitrogens is 1. The number of pyridine rings is 1. The molecule has 0 aliphatic heterocycles. The summed E-state index contributed by atoms with van der Waals surface area (Å²) in [6.07, 6.45) is 4.21. The summed E-state index contributed by atoms with van der Waals surface area (Å²) in [6.45, 7) is -0.213. The molecule has 1 fully saturated rings. The Bertz CT molecular complexity index is 552. The standard InChI is InChI=1S/C11H16N2O4S/c14-8-11(5-1-2-6-11)13-18(16,17)9-3-4-10(15)12-7-9/h3-4,7,13-14H,1-2,5-6,8H2,(H,12,15). The van der Waals surface area contributed by atoms with Crippen LogP contribution in [-0.2, 0) is 10.0 Å². The highest BCUT2D eigenvalue weighted by atomic mass is 32.2. The molecule has 0 amide bonds. The maximum absolute atomic E-state index is 12.1. The van der Waals surface area contributed by atoms with Crippen LogP contribution in [0.25, 0.3) is 0 Å². The molecule has 18 heavy (non-hydrogen) atoms. The largest absolute Gasteiger partial charge is 0.394 e. The summed E-state index contributed by atoms with van der Waals surface area (Å²) in [5.41, 5.74) is -1.11. The number of hydrogen-bond donors (Lipinski definition) is 3. The lowest BCUT2D eigenvalue weighted by molar-refractivity contribution is 0.185. The Hall–Kier alpha value is -1.18. The van der Waals surface area contributed by atoms with Crippen LogP contribution >= 0.6 is 0 Å². The van der Waals surface area contributed by atoms with Crippen LogP contribution < -0.4 is 10.3 Å². The van der Waals surface area contributed by atoms with E-state index in [1.165, 1.54) is 6.07 Å². The zero-order chi connectivity index (χ0) is 13.2. The van der Waals surface area contributed by atoms with E-state index >= 15 is 0 Å². The SMILES string of the molecule is O=c1ccc(S(=O)(=O)NC2(CO)CCCC2)c[nH]1. The molecule has 7 heteroatoms. The van der Waals surface area contributed by atoms with E-state index in [0.29, 0.717) is 12.8 Å². The van der Waals surface area contributed by atoms with Gasteiger partial charge in [-0.3, -0.25) is 4.79 Å². The number of sulfonamides is 1. The molecule has 0 atom stereocenters. The zero-order valence-corrected chi connectivity index (χ0v) is 10.7. The van der Waals surface area contributed by atoms with Crippen LogP contribution in [0.3, 0.4) is 0 Å². The van der Waals surface area contributed by atoms with Crippen molar-refractivity contribution in [2.75, 3.05) is 6.61 Å². The van der Waals surface area contributed by atoms with Crippen molar-refractivity contribution < 1.29 is 13.5 Å². The lowest BCUT2D eigenvalue weighted by Crippen LogP contribution is -2.49. The van der Waals surface area contributed by atoms with Gasteiger partial charge in [-0.15, -0.1) is 0 Å². The van der Waals surface area contributed by atoms with Crippen LogP contribution in [0.2, 0.25) is 0 Å². The van der Waals surface area contributed by atoms with Crippen LogP contribution in [0.5, 0.6) is 0 Å². The molecular formula is C11H16N2O4S. The summed E-state index contributed by atoms with van der Waals surface area (Å²) >= 11 is 0. The molecule has 1 aliphatic rings. The summed E-state index contributed by atoms with van der Waals surface area (Å²) in [5, 5.41) is 9.39. The monoisotopic (exact) mass is 272 g/mol. The van der Waals surface area contributed by atoms with Gasteiger partial charge in [-0.1, -0.05) is 12.8 Å². The summed E-state index contributed by atoms with van der Waals surface area (Å²) in [7, 11) is -3.71. The third-order valence-electron chi connectivity index (χ3n) is 3.28. The summed E-state index contributed by atoms with van der Waals surface area (Å²) in [5.74, 6) is 0. The van der Waals surface area contributed by atoms with E-state index in [2.05, 4.69) is 9.71 Å². The molecule has 0 unspecified atom stereocenters. The molecule has 100 valence electrons. The lowest BCUT2D eigenvalue weighted by atomic mass is 10.0. The molecule has 1 heterocycles. The van der Waals surface area contributed by atoms with E-state index in [-0.39, 0.29) is 17.1 Å². The molecule has 1 aromatic rings. The van der Waals surface area contributed by atoms with E-state index in [4.69, 9.17) is 0 Å². The number of rotatable bonds is 4. The Labute approximate surface area is 105 Å². The first-order valence-corrected chi connectivity index (χ1v) is 7.29. The number of aliphatic hydroxyl groups excluding tert-OH is 1. The first-order chi connectivity index (χ1) is 8.47. The number of aromatic nitrogens is 1. The first-order valence-electron chi connectivity index (χ1n) is 5.81. The van der Waals surface area contributed by atoms with E-state index in [1.807, 2.05) is 0 Å². The average Bonchev–Trinajstić information content (AvgIpc) is 2.78. The maximum atomic E-state index is 12.1. The zero-order valence-electron chi connectivity index (χ0n) is 9.85. The Balaban J connectivity index is 2.26. The van der Waals surface area contributed by atoms with Gasteiger partial charge in [0.1, 0.15) is 0 Å². The number of aliphatic hydroxyl groups is 1. The van der Waals surface area contributed by atoms with Gasteiger partial charge in [0.2, 0.25) is 15.6 Å². The van der Waals surface area contributed by atoms with Crippen molar-refractivity contribution in [3.8, 4) is 0 Å². The van der Waals surface area contributed by atoms with Gasteiger partial charge in [-0.05, 0) is 18.9 Å². The topological polar surface area (TPSA) is 99.3 Å². The molecular weight excluding hydrogens is 256 g/mol. The van der Waals surface area contributed by atoms with Crippen LogP contribution in [0.15, 0.2) is 28.0 Å². The van der Waals surface area contributed by atoms with Crippen molar-refractivity contribution in [1.82, 2.24) is 9.71 Å². The molecule has 1 aliphatic carbocycles. The molecule has 0 spiro atoms. The van der Waals surface area contributed by atoms with Gasteiger partial charge < -0.3 is 10.1 Å². The molecule has 6 nitrogen and oxygen atoms in total. The molecule has 0 aromatic carbocycles. The van der Waals surface area contributed by atoms with Crippen molar-refractivity contribution in [1.29, 1.82) is 0 Å². The molecule has 1 saturated carbocycles. The quantitative estimate of drug-likeness (QED) is 0.716. The van der Waals surface area contributed by atoms with Crippen molar-refractivity contribution >= 4 is 10.0 Å². The van der Waals surface area contributed by atoms with Gasteiger partial charge in [-0.2, -0.15) is 0 Å². The highest BCUT2D eigenvalue weighted by Crippen LogP contribution is 2.30. The minimum absolute atomic E-state index is 0.00169. The van der Waals surface area contributed by atoms with Gasteiger partial charge in [0, 0.05) is 12.3 Å². The number of hydrogen-bond acceptors (Lipinski definition) is 4. The highest BCUT2D eigenvalue weighted by Gasteiger charge is 2.37. The minimum atomic E-state index is -3.71. The maximum Gasteiger partial charge on any atom is 0.247 e. The Morgan fingerprint density at radius 1 is 1.33 bits per heavy atom. The fourth-order valence-corrected chi connectivity index (χ4v) is 3.67. The van der Waals surface area contributed by atoms with Crippen LogP contribution in [0, 0.1) is 0 Å². The molecule has 0 saturated heterocycles. The van der Waals surface area contributed by atoms with Crippen LogP contribution in [0.1, 0.15) is 25.7 Å². The van der Waals surface area contributed by atoms with E-state index < -0.39 is 15.6 Å². The first kappa shape index (κ1) is 13.3. The summed E-state index contributed by atoms with van der Waals surface area (Å²) in [6, 6.07) is 2.41. The van der Waals surface area contributed by atoms with Crippen molar-refractivity contribution in [3.63, 3.8) is 0 Å². The van der Waals surface area contributed by atoms with Crippen molar-refractivity contribution in [2.45, 2.75) is 36.1 Å². The van der Waals surface area contributed by atoms with E-state index in [9.17, 15) is 18.3 Å². The van der Waals surface area contributed by atoms with E-state index in [0.717, 1.165) is 25.1 Å². The summed E-state index contributed by atoms with van der Waals surface area (Å²) < 4.78 is 26.8. The smallest absolute Gasteiger partial charge is 0.247 e. The van der Waals surface area contributed by atoms with Gasteiger partial charge >= 0.3 is 0 Å². The van der Waals surface area contributed by atoms with Crippen LogP contribution in [-0.4, -0.2) is 30.7 Å². The van der Waals surface area contributed by atoms with Gasteiger partial charge in [0.25, 0.3) is 0 Å². The fraction of sp³-hybridized carbons (Fsp3) is 0.545. The molecule has 3 N–H and O–H groups in total. The second-order valence-corrected chi connectivity index (χ2v) is 6.32. The molecule has 1 aromatic heterocycles. The molecule has 2 rings (SSSR count). The molecule has 0 bridgehead atoms. The fourth-order valence-electron chi connectivity index (χ4n) is 2.25. The predicted octanol–water partition coefficient (Wildman–Crippen LogP) is -0.0417. The summed E-state index contributed by atoms with van der Waals surface area (Å²) in [4.78, 5) is 13.2. The Morgan fingerprint density at radius 3 is 2.50 bits per heavy atom. The Kier molecular flexibility index (Phi) is 3.56. The Morgan fingerprint density at radius 2 is 2.00 bits per heavy atom. The second-order valence-electron chi connectivity index (χ2n) is 4.64. The van der Waals surface area contributed by atoms with Crippen molar-refractivity contribution in [3.05, 3.63) is 28.7 Å². The third kappa shape index (κ3) is 2.63. The van der Waals surface area contributed by atoms with Crippen molar-refractivity contribution in [2.24, 2.45) is 0 Å². The van der Waals surface area contributed by atoms with E-state index in [1.54, 1.807) is 0 Å². The third-order valence-corrected chi connectivity index (χ3v) is 4.86. The molecule has 0 radical (unpaired) electrons. The number of aromatic amines is 1. The average molecular weight is 272 g/mol.